The maximum absolute atomic E-state index is 12.6. The van der Waals surface area contributed by atoms with Gasteiger partial charge in [-0.15, -0.1) is 11.3 Å². The number of hydrogen-bond acceptors (Lipinski definition) is 6. The number of hydrogen-bond donors (Lipinski definition) is 1. The molecule has 0 bridgehead atoms. The van der Waals surface area contributed by atoms with Gasteiger partial charge in [-0.05, 0) is 18.1 Å². The van der Waals surface area contributed by atoms with Crippen LogP contribution in [-0.4, -0.2) is 65.0 Å². The van der Waals surface area contributed by atoms with Crippen molar-refractivity contribution in [3.8, 4) is 0 Å². The highest BCUT2D eigenvalue weighted by molar-refractivity contribution is 7.13. The molecule has 2 N–H and O–H groups in total. The number of nitrogen functional groups attached to an aromatic ring is 1. The van der Waals surface area contributed by atoms with Crippen molar-refractivity contribution in [1.82, 2.24) is 14.8 Å². The number of carbonyl (C=O) groups excluding carboxylic acids is 2. The standard InChI is InChI=1S/C20H22N4O3S/c21-19-22-16(12-28-19)18(26)24-9-8-20(14-24)13-23(10-11-27-20)17(25)7-6-15-4-2-1-3-5-15/h1-7,12H,8-11,13-14H2,(H2,21,22)/b7-6+. The molecule has 2 amide bonds. The number of aromatic nitrogens is 1. The SMILES string of the molecule is Nc1nc(C(=O)N2CCC3(CN(C(=O)/C=C/c4ccccc4)CCO3)C2)cs1. The lowest BCUT2D eigenvalue weighted by atomic mass is 10.0. The summed E-state index contributed by atoms with van der Waals surface area (Å²) >= 11 is 1.25. The van der Waals surface area contributed by atoms with Crippen LogP contribution in [0.5, 0.6) is 0 Å². The molecule has 2 aliphatic heterocycles. The van der Waals surface area contributed by atoms with Gasteiger partial charge in [0.05, 0.1) is 19.7 Å². The van der Waals surface area contributed by atoms with Gasteiger partial charge < -0.3 is 20.3 Å². The fraction of sp³-hybridized carbons (Fsp3) is 0.350. The summed E-state index contributed by atoms with van der Waals surface area (Å²) in [6.07, 6.45) is 4.12. The lowest BCUT2D eigenvalue weighted by molar-refractivity contribution is -0.143. The lowest BCUT2D eigenvalue weighted by Crippen LogP contribution is -2.54. The molecule has 8 heteroatoms. The number of thiazole rings is 1. The third-order valence-electron chi connectivity index (χ3n) is 5.12. The Hall–Kier alpha value is -2.71. The van der Waals surface area contributed by atoms with E-state index in [1.165, 1.54) is 11.3 Å². The molecular formula is C20H22N4O3S. The molecule has 1 spiro atoms. The Morgan fingerprint density at radius 1 is 1.18 bits per heavy atom. The monoisotopic (exact) mass is 398 g/mol. The van der Waals surface area contributed by atoms with Crippen molar-refractivity contribution in [3.63, 3.8) is 0 Å². The molecule has 2 saturated heterocycles. The van der Waals surface area contributed by atoms with Gasteiger partial charge in [-0.2, -0.15) is 0 Å². The van der Waals surface area contributed by atoms with Crippen molar-refractivity contribution >= 4 is 34.4 Å². The summed E-state index contributed by atoms with van der Waals surface area (Å²) < 4.78 is 6.04. The first kappa shape index (κ1) is 18.6. The molecule has 2 fully saturated rings. The third-order valence-corrected chi connectivity index (χ3v) is 5.80. The number of benzene rings is 1. The van der Waals surface area contributed by atoms with Crippen LogP contribution in [0.3, 0.4) is 0 Å². The number of ether oxygens (including phenoxy) is 1. The number of morpholine rings is 1. The Bertz CT molecular complexity index is 898. The zero-order valence-corrected chi connectivity index (χ0v) is 16.2. The van der Waals surface area contributed by atoms with Crippen molar-refractivity contribution in [2.24, 2.45) is 0 Å². The van der Waals surface area contributed by atoms with Gasteiger partial charge >= 0.3 is 0 Å². The van der Waals surface area contributed by atoms with E-state index in [9.17, 15) is 9.59 Å². The van der Waals surface area contributed by atoms with Gasteiger partial charge in [0.25, 0.3) is 5.91 Å². The molecule has 1 aromatic carbocycles. The normalized spacial score (nSPS) is 22.3. The molecular weight excluding hydrogens is 376 g/mol. The van der Waals surface area contributed by atoms with Crippen LogP contribution >= 0.6 is 11.3 Å². The first-order chi connectivity index (χ1) is 13.5. The van der Waals surface area contributed by atoms with E-state index in [-0.39, 0.29) is 11.8 Å². The van der Waals surface area contributed by atoms with Crippen LogP contribution in [0.15, 0.2) is 41.8 Å². The quantitative estimate of drug-likeness (QED) is 0.798. The predicted octanol–water partition coefficient (Wildman–Crippen LogP) is 1.88. The average molecular weight is 398 g/mol. The molecule has 4 rings (SSSR count). The van der Waals surface area contributed by atoms with Crippen molar-refractivity contribution in [2.75, 3.05) is 38.5 Å². The van der Waals surface area contributed by atoms with Crippen LogP contribution in [0.2, 0.25) is 0 Å². The topological polar surface area (TPSA) is 88.8 Å². The van der Waals surface area contributed by atoms with Crippen LogP contribution in [0, 0.1) is 0 Å². The van der Waals surface area contributed by atoms with E-state index in [0.29, 0.717) is 50.0 Å². The smallest absolute Gasteiger partial charge is 0.273 e. The highest BCUT2D eigenvalue weighted by atomic mass is 32.1. The van der Waals surface area contributed by atoms with Crippen LogP contribution in [0.25, 0.3) is 6.08 Å². The average Bonchev–Trinajstić information content (AvgIpc) is 3.33. The second-order valence-electron chi connectivity index (χ2n) is 7.08. The highest BCUT2D eigenvalue weighted by Crippen LogP contribution is 2.30. The van der Waals surface area contributed by atoms with Crippen molar-refractivity contribution < 1.29 is 14.3 Å². The number of nitrogens with two attached hydrogens (primary N) is 1. The second-order valence-corrected chi connectivity index (χ2v) is 7.97. The van der Waals surface area contributed by atoms with E-state index in [0.717, 1.165) is 5.56 Å². The van der Waals surface area contributed by atoms with E-state index in [1.54, 1.807) is 21.3 Å². The molecule has 1 aromatic heterocycles. The molecule has 0 aliphatic carbocycles. The molecule has 0 radical (unpaired) electrons. The molecule has 7 nitrogen and oxygen atoms in total. The van der Waals surface area contributed by atoms with Crippen LogP contribution in [0.4, 0.5) is 5.13 Å². The van der Waals surface area contributed by atoms with E-state index in [4.69, 9.17) is 10.5 Å². The van der Waals surface area contributed by atoms with Gasteiger partial charge in [-0.3, -0.25) is 9.59 Å². The predicted molar refractivity (Wildman–Crippen MR) is 108 cm³/mol. The van der Waals surface area contributed by atoms with Gasteiger partial charge in [0.2, 0.25) is 5.91 Å². The molecule has 0 saturated carbocycles. The Labute approximate surface area is 167 Å². The third kappa shape index (κ3) is 3.93. The molecule has 1 atom stereocenters. The number of anilines is 1. The minimum atomic E-state index is -0.508. The van der Waals surface area contributed by atoms with E-state index in [2.05, 4.69) is 4.98 Å². The molecule has 2 aromatic rings. The Morgan fingerprint density at radius 2 is 1.96 bits per heavy atom. The maximum atomic E-state index is 12.6. The molecule has 3 heterocycles. The lowest BCUT2D eigenvalue weighted by Gasteiger charge is -2.40. The van der Waals surface area contributed by atoms with Gasteiger partial charge in [0, 0.05) is 24.5 Å². The zero-order chi connectivity index (χ0) is 19.6. The van der Waals surface area contributed by atoms with Gasteiger partial charge in [-0.1, -0.05) is 30.3 Å². The number of likely N-dealkylation sites (tertiary alicyclic amines) is 1. The van der Waals surface area contributed by atoms with Crippen LogP contribution in [-0.2, 0) is 9.53 Å². The Kier molecular flexibility index (Phi) is 5.15. The molecule has 28 heavy (non-hydrogen) atoms. The molecule has 2 aliphatic rings. The fourth-order valence-corrected chi connectivity index (χ4v) is 4.22. The summed E-state index contributed by atoms with van der Waals surface area (Å²) in [6.45, 7) is 2.54. The van der Waals surface area contributed by atoms with E-state index in [1.807, 2.05) is 36.4 Å². The van der Waals surface area contributed by atoms with Crippen LogP contribution < -0.4 is 5.73 Å². The summed E-state index contributed by atoms with van der Waals surface area (Å²) in [5.74, 6) is -0.176. The number of amides is 2. The van der Waals surface area contributed by atoms with Gasteiger partial charge in [0.15, 0.2) is 5.13 Å². The number of carbonyl (C=O) groups is 2. The van der Waals surface area contributed by atoms with Crippen molar-refractivity contribution in [3.05, 3.63) is 53.0 Å². The Morgan fingerprint density at radius 3 is 2.71 bits per heavy atom. The summed E-state index contributed by atoms with van der Waals surface area (Å²) in [5, 5.41) is 2.06. The Balaban J connectivity index is 1.40. The molecule has 1 unspecified atom stereocenters. The van der Waals surface area contributed by atoms with Gasteiger partial charge in [0.1, 0.15) is 11.3 Å². The first-order valence-corrected chi connectivity index (χ1v) is 10.1. The minimum absolute atomic E-state index is 0.0384. The van der Waals surface area contributed by atoms with Gasteiger partial charge in [-0.25, -0.2) is 4.98 Å². The largest absolute Gasteiger partial charge is 0.375 e. The summed E-state index contributed by atoms with van der Waals surface area (Å²) in [7, 11) is 0. The zero-order valence-electron chi connectivity index (χ0n) is 15.4. The summed E-state index contributed by atoms with van der Waals surface area (Å²) in [5.41, 5.74) is 6.48. The maximum Gasteiger partial charge on any atom is 0.273 e. The first-order valence-electron chi connectivity index (χ1n) is 9.21. The van der Waals surface area contributed by atoms with Crippen molar-refractivity contribution in [1.29, 1.82) is 0 Å². The summed E-state index contributed by atoms with van der Waals surface area (Å²) in [4.78, 5) is 32.9. The number of nitrogens with zero attached hydrogens (tertiary/aromatic N) is 3. The second kappa shape index (κ2) is 7.73. The summed E-state index contributed by atoms with van der Waals surface area (Å²) in [6, 6.07) is 9.73. The minimum Gasteiger partial charge on any atom is -0.375 e. The van der Waals surface area contributed by atoms with Crippen molar-refractivity contribution in [2.45, 2.75) is 12.0 Å². The van der Waals surface area contributed by atoms with Crippen LogP contribution in [0.1, 0.15) is 22.5 Å². The highest BCUT2D eigenvalue weighted by Gasteiger charge is 2.45. The van der Waals surface area contributed by atoms with E-state index < -0.39 is 5.60 Å². The fourth-order valence-electron chi connectivity index (χ4n) is 3.68. The molecule has 146 valence electrons. The number of rotatable bonds is 3. The van der Waals surface area contributed by atoms with E-state index >= 15 is 0 Å².